The van der Waals surface area contributed by atoms with Crippen LogP contribution in [0.15, 0.2) is 41.5 Å². The van der Waals surface area contributed by atoms with Crippen molar-refractivity contribution in [1.29, 1.82) is 0 Å². The van der Waals surface area contributed by atoms with Gasteiger partial charge in [0, 0.05) is 0 Å². The lowest BCUT2D eigenvalue weighted by molar-refractivity contribution is 0.0548. The Morgan fingerprint density at radius 3 is 2.48 bits per heavy atom. The number of esters is 1. The third-order valence-corrected chi connectivity index (χ3v) is 2.95. The maximum Gasteiger partial charge on any atom is 0.338 e. The van der Waals surface area contributed by atoms with Gasteiger partial charge >= 0.3 is 5.97 Å². The van der Waals surface area contributed by atoms with E-state index in [2.05, 4.69) is 19.9 Å². The molecule has 4 heteroatoms. The fourth-order valence-corrected chi connectivity index (χ4v) is 1.68. The van der Waals surface area contributed by atoms with Gasteiger partial charge < -0.3 is 14.9 Å². The van der Waals surface area contributed by atoms with Crippen molar-refractivity contribution in [2.45, 2.75) is 33.6 Å². The summed E-state index contributed by atoms with van der Waals surface area (Å²) in [6.45, 7) is 6.32. The molecule has 21 heavy (non-hydrogen) atoms. The molecule has 114 valence electrons. The highest BCUT2D eigenvalue weighted by Gasteiger charge is 2.09. The maximum atomic E-state index is 11.7. The minimum Gasteiger partial charge on any atom is -0.504 e. The van der Waals surface area contributed by atoms with Crippen LogP contribution in [0.5, 0.6) is 11.5 Å². The zero-order chi connectivity index (χ0) is 15.8. The number of allylic oxidation sites excluding steroid dienone is 3. The standard InChI is InChI=1S/C17H22O4/c1-12(2)5-4-6-13(3)9-10-21-17(20)14-7-8-15(18)16(19)11-14/h5,7-9,11,18-19H,4,6,10H2,1-3H3/b13-9-. The Balaban J connectivity index is 2.45. The molecule has 0 saturated carbocycles. The van der Waals surface area contributed by atoms with Crippen LogP contribution in [0.2, 0.25) is 0 Å². The summed E-state index contributed by atoms with van der Waals surface area (Å²) in [6.07, 6.45) is 5.95. The van der Waals surface area contributed by atoms with E-state index in [0.717, 1.165) is 18.4 Å². The average molecular weight is 290 g/mol. The SMILES string of the molecule is CC(C)=CCC/C(C)=C\COC(=O)c1ccc(O)c(O)c1. The fourth-order valence-electron chi connectivity index (χ4n) is 1.68. The van der Waals surface area contributed by atoms with Gasteiger partial charge in [0.1, 0.15) is 6.61 Å². The molecule has 0 aliphatic heterocycles. The lowest BCUT2D eigenvalue weighted by atomic mass is 10.1. The Morgan fingerprint density at radius 1 is 1.14 bits per heavy atom. The predicted octanol–water partition coefficient (Wildman–Crippen LogP) is 3.95. The number of ether oxygens (including phenoxy) is 1. The molecule has 0 aliphatic rings. The maximum absolute atomic E-state index is 11.7. The zero-order valence-electron chi connectivity index (χ0n) is 12.7. The molecule has 0 unspecified atom stereocenters. The van der Waals surface area contributed by atoms with Gasteiger partial charge in [-0.1, -0.05) is 17.2 Å². The normalized spacial score (nSPS) is 11.1. The fraction of sp³-hybridized carbons (Fsp3) is 0.353. The molecule has 0 bridgehead atoms. The largest absolute Gasteiger partial charge is 0.504 e. The summed E-state index contributed by atoms with van der Waals surface area (Å²) in [5, 5.41) is 18.5. The van der Waals surface area contributed by atoms with E-state index >= 15 is 0 Å². The molecule has 1 aromatic carbocycles. The number of aromatic hydroxyl groups is 2. The molecule has 0 amide bonds. The summed E-state index contributed by atoms with van der Waals surface area (Å²) in [4.78, 5) is 11.7. The molecular formula is C17H22O4. The molecule has 0 fully saturated rings. The van der Waals surface area contributed by atoms with Crippen LogP contribution in [0.3, 0.4) is 0 Å². The molecule has 0 atom stereocenters. The first kappa shape index (κ1) is 16.8. The molecule has 0 aliphatic carbocycles. The number of carbonyl (C=O) groups excluding carboxylic acids is 1. The van der Waals surface area contributed by atoms with Gasteiger partial charge in [-0.3, -0.25) is 0 Å². The number of phenols is 2. The zero-order valence-corrected chi connectivity index (χ0v) is 12.7. The van der Waals surface area contributed by atoms with Gasteiger partial charge in [0.15, 0.2) is 11.5 Å². The van der Waals surface area contributed by atoms with Crippen LogP contribution < -0.4 is 0 Å². The number of carbonyl (C=O) groups is 1. The van der Waals surface area contributed by atoms with E-state index in [0.29, 0.717) is 0 Å². The minimum absolute atomic E-state index is 0.196. The number of rotatable bonds is 6. The summed E-state index contributed by atoms with van der Waals surface area (Å²) in [7, 11) is 0. The van der Waals surface area contributed by atoms with E-state index in [1.54, 1.807) is 0 Å². The second-order valence-electron chi connectivity index (χ2n) is 5.17. The molecule has 0 heterocycles. The third-order valence-electron chi connectivity index (χ3n) is 2.95. The van der Waals surface area contributed by atoms with Crippen LogP contribution in [0.4, 0.5) is 0 Å². The van der Waals surface area contributed by atoms with Crippen LogP contribution in [-0.4, -0.2) is 22.8 Å². The van der Waals surface area contributed by atoms with Crippen molar-refractivity contribution in [1.82, 2.24) is 0 Å². The van der Waals surface area contributed by atoms with E-state index in [1.165, 1.54) is 23.8 Å². The lowest BCUT2D eigenvalue weighted by Crippen LogP contribution is -2.05. The van der Waals surface area contributed by atoms with Crippen molar-refractivity contribution >= 4 is 5.97 Å². The summed E-state index contributed by atoms with van der Waals surface area (Å²) >= 11 is 0. The molecule has 1 aromatic rings. The van der Waals surface area contributed by atoms with E-state index in [-0.39, 0.29) is 23.7 Å². The van der Waals surface area contributed by atoms with Gasteiger partial charge in [0.05, 0.1) is 5.56 Å². The van der Waals surface area contributed by atoms with Gasteiger partial charge in [-0.2, -0.15) is 0 Å². The summed E-state index contributed by atoms with van der Waals surface area (Å²) in [5.41, 5.74) is 2.66. The molecule has 0 saturated heterocycles. The summed E-state index contributed by atoms with van der Waals surface area (Å²) in [6, 6.07) is 3.85. The first-order valence-corrected chi connectivity index (χ1v) is 6.88. The van der Waals surface area contributed by atoms with E-state index in [1.807, 2.05) is 13.0 Å². The highest BCUT2D eigenvalue weighted by Crippen LogP contribution is 2.25. The van der Waals surface area contributed by atoms with E-state index < -0.39 is 5.97 Å². The molecule has 4 nitrogen and oxygen atoms in total. The Kier molecular flexibility index (Phi) is 6.53. The summed E-state index contributed by atoms with van der Waals surface area (Å²) < 4.78 is 5.10. The van der Waals surface area contributed by atoms with Gasteiger partial charge in [-0.15, -0.1) is 0 Å². The van der Waals surface area contributed by atoms with Crippen molar-refractivity contribution in [3.8, 4) is 11.5 Å². The Morgan fingerprint density at radius 2 is 1.86 bits per heavy atom. The number of phenolic OH excluding ortho intramolecular Hbond substituents is 2. The Bertz CT molecular complexity index is 552. The van der Waals surface area contributed by atoms with Gasteiger partial charge in [-0.05, 0) is 57.9 Å². The van der Waals surface area contributed by atoms with Crippen LogP contribution in [-0.2, 0) is 4.74 Å². The lowest BCUT2D eigenvalue weighted by Gasteiger charge is -2.04. The van der Waals surface area contributed by atoms with Crippen LogP contribution in [0.25, 0.3) is 0 Å². The Labute approximate surface area is 125 Å². The van der Waals surface area contributed by atoms with Gasteiger partial charge in [-0.25, -0.2) is 4.79 Å². The van der Waals surface area contributed by atoms with E-state index in [4.69, 9.17) is 4.74 Å². The number of hydrogen-bond donors (Lipinski definition) is 2. The monoisotopic (exact) mass is 290 g/mol. The molecule has 1 rings (SSSR count). The van der Waals surface area contributed by atoms with Crippen molar-refractivity contribution in [3.05, 3.63) is 47.1 Å². The molecular weight excluding hydrogens is 268 g/mol. The molecule has 0 spiro atoms. The molecule has 0 radical (unpaired) electrons. The molecule has 0 aromatic heterocycles. The van der Waals surface area contributed by atoms with Crippen molar-refractivity contribution in [2.24, 2.45) is 0 Å². The second kappa shape index (κ2) is 8.15. The average Bonchev–Trinajstić information content (AvgIpc) is 2.41. The highest BCUT2D eigenvalue weighted by molar-refractivity contribution is 5.90. The topological polar surface area (TPSA) is 66.8 Å². The summed E-state index contributed by atoms with van der Waals surface area (Å²) in [5.74, 6) is -1.13. The smallest absolute Gasteiger partial charge is 0.338 e. The van der Waals surface area contributed by atoms with Crippen LogP contribution in [0, 0.1) is 0 Å². The Hall–Kier alpha value is -2.23. The van der Waals surface area contributed by atoms with Gasteiger partial charge in [0.2, 0.25) is 0 Å². The van der Waals surface area contributed by atoms with Crippen molar-refractivity contribution in [2.75, 3.05) is 6.61 Å². The molecule has 2 N–H and O–H groups in total. The number of hydrogen-bond acceptors (Lipinski definition) is 4. The van der Waals surface area contributed by atoms with E-state index in [9.17, 15) is 15.0 Å². The first-order valence-electron chi connectivity index (χ1n) is 6.88. The number of benzene rings is 1. The second-order valence-corrected chi connectivity index (χ2v) is 5.17. The van der Waals surface area contributed by atoms with Crippen molar-refractivity contribution in [3.63, 3.8) is 0 Å². The minimum atomic E-state index is -0.529. The van der Waals surface area contributed by atoms with Gasteiger partial charge in [0.25, 0.3) is 0 Å². The van der Waals surface area contributed by atoms with Crippen LogP contribution >= 0.6 is 0 Å². The third kappa shape index (κ3) is 6.17. The van der Waals surface area contributed by atoms with Crippen molar-refractivity contribution < 1.29 is 19.7 Å². The quantitative estimate of drug-likeness (QED) is 0.473. The highest BCUT2D eigenvalue weighted by atomic mass is 16.5. The van der Waals surface area contributed by atoms with Crippen LogP contribution in [0.1, 0.15) is 44.0 Å². The predicted molar refractivity (Wildman–Crippen MR) is 82.5 cm³/mol. The first-order chi connectivity index (χ1) is 9.90.